The molecule has 1 saturated heterocycles. The van der Waals surface area contributed by atoms with Gasteiger partial charge < -0.3 is 14.7 Å². The largest absolute Gasteiger partial charge is 0.465 e. The van der Waals surface area contributed by atoms with Gasteiger partial charge in [-0.15, -0.1) is 0 Å². The number of nitrogens with zero attached hydrogens (tertiary/aromatic N) is 1. The molecule has 0 aromatic heterocycles. The molecule has 1 heterocycles. The zero-order valence-electron chi connectivity index (χ0n) is 14.4. The minimum Gasteiger partial charge on any atom is -0.465 e. The molecular formula is C21H22FNO3. The van der Waals surface area contributed by atoms with Crippen molar-refractivity contribution in [3.63, 3.8) is 0 Å². The number of hydrogen-bond acceptors (Lipinski definition) is 2. The predicted molar refractivity (Wildman–Crippen MR) is 98.6 cm³/mol. The van der Waals surface area contributed by atoms with Crippen molar-refractivity contribution in [2.24, 2.45) is 0 Å². The van der Waals surface area contributed by atoms with E-state index < -0.39 is 6.09 Å². The molecule has 2 aromatic rings. The maximum atomic E-state index is 13.2. The second kappa shape index (κ2) is 8.63. The fourth-order valence-corrected chi connectivity index (χ4v) is 3.28. The number of likely N-dealkylation sites (tertiary alicyclic amines) is 1. The summed E-state index contributed by atoms with van der Waals surface area (Å²) in [5.74, 6) is -0.226. The molecule has 2 unspecified atom stereocenters. The number of piperidine rings is 1. The van der Waals surface area contributed by atoms with Crippen LogP contribution in [0, 0.1) is 5.82 Å². The molecule has 1 amide bonds. The van der Waals surface area contributed by atoms with Crippen LogP contribution in [-0.2, 0) is 4.74 Å². The fourth-order valence-electron chi connectivity index (χ4n) is 3.28. The van der Waals surface area contributed by atoms with Gasteiger partial charge in [0.1, 0.15) is 5.82 Å². The van der Waals surface area contributed by atoms with E-state index in [0.717, 1.165) is 11.1 Å². The number of carbonyl (C=O) groups is 1. The van der Waals surface area contributed by atoms with Crippen LogP contribution in [-0.4, -0.2) is 41.9 Å². The first-order valence-corrected chi connectivity index (χ1v) is 8.70. The summed E-state index contributed by atoms with van der Waals surface area (Å²) in [4.78, 5) is 12.7. The number of benzene rings is 2. The van der Waals surface area contributed by atoms with E-state index in [1.54, 1.807) is 12.1 Å². The Morgan fingerprint density at radius 3 is 2.62 bits per heavy atom. The zero-order chi connectivity index (χ0) is 18.4. The zero-order valence-corrected chi connectivity index (χ0v) is 14.4. The highest BCUT2D eigenvalue weighted by Gasteiger charge is 2.32. The molecule has 2 atom stereocenters. The van der Waals surface area contributed by atoms with Crippen LogP contribution in [0.1, 0.15) is 23.5 Å². The monoisotopic (exact) mass is 355 g/mol. The van der Waals surface area contributed by atoms with Gasteiger partial charge >= 0.3 is 6.09 Å². The number of hydrogen-bond donors (Lipinski definition) is 1. The van der Waals surface area contributed by atoms with Gasteiger partial charge in [-0.25, -0.2) is 9.18 Å². The molecule has 0 bridgehead atoms. The van der Waals surface area contributed by atoms with E-state index in [1.807, 2.05) is 42.5 Å². The van der Waals surface area contributed by atoms with Crippen LogP contribution in [0.5, 0.6) is 0 Å². The first-order chi connectivity index (χ1) is 12.6. The van der Waals surface area contributed by atoms with Crippen molar-refractivity contribution in [2.75, 3.05) is 19.7 Å². The van der Waals surface area contributed by atoms with E-state index in [0.29, 0.717) is 26.1 Å². The smallest absolute Gasteiger partial charge is 0.407 e. The quantitative estimate of drug-likeness (QED) is 0.865. The fraction of sp³-hybridized carbons (Fsp3) is 0.286. The van der Waals surface area contributed by atoms with Gasteiger partial charge in [-0.3, -0.25) is 0 Å². The summed E-state index contributed by atoms with van der Waals surface area (Å²) in [7, 11) is 0. The molecular weight excluding hydrogens is 333 g/mol. The molecule has 1 N–H and O–H groups in total. The minimum atomic E-state index is -0.934. The van der Waals surface area contributed by atoms with Crippen molar-refractivity contribution < 1.29 is 19.0 Å². The number of carboxylic acid groups (broad SMARTS) is 1. The molecule has 1 fully saturated rings. The molecule has 2 aromatic carbocycles. The van der Waals surface area contributed by atoms with Gasteiger partial charge in [0, 0.05) is 12.5 Å². The van der Waals surface area contributed by atoms with E-state index in [1.165, 1.54) is 17.0 Å². The number of ether oxygens (including phenoxy) is 1. The average Bonchev–Trinajstić information content (AvgIpc) is 2.66. The van der Waals surface area contributed by atoms with Crippen LogP contribution in [0.3, 0.4) is 0 Å². The van der Waals surface area contributed by atoms with Crippen molar-refractivity contribution in [3.8, 4) is 0 Å². The van der Waals surface area contributed by atoms with Crippen molar-refractivity contribution in [3.05, 3.63) is 77.6 Å². The van der Waals surface area contributed by atoms with Gasteiger partial charge in [-0.1, -0.05) is 54.6 Å². The lowest BCUT2D eigenvalue weighted by atomic mass is 9.87. The Kier molecular flexibility index (Phi) is 6.02. The van der Waals surface area contributed by atoms with E-state index >= 15 is 0 Å². The van der Waals surface area contributed by atoms with Gasteiger partial charge in [-0.2, -0.15) is 0 Å². The Labute approximate surface area is 152 Å². The Hall–Kier alpha value is -2.66. The molecule has 0 aliphatic carbocycles. The third-order valence-corrected chi connectivity index (χ3v) is 4.64. The molecule has 3 rings (SSSR count). The molecule has 0 saturated carbocycles. The summed E-state index contributed by atoms with van der Waals surface area (Å²) in [6.07, 6.45) is 3.37. The number of rotatable bonds is 5. The summed E-state index contributed by atoms with van der Waals surface area (Å²) in [6, 6.07) is 16.3. The average molecular weight is 355 g/mol. The summed E-state index contributed by atoms with van der Waals surface area (Å²) in [5.41, 5.74) is 2.07. The Bertz CT molecular complexity index is 746. The summed E-state index contributed by atoms with van der Waals surface area (Å²) in [5, 5.41) is 9.28. The molecule has 1 aliphatic rings. The highest BCUT2D eigenvalue weighted by atomic mass is 19.1. The molecule has 0 radical (unpaired) electrons. The number of amides is 1. The van der Waals surface area contributed by atoms with Gasteiger partial charge in [0.25, 0.3) is 0 Å². The summed E-state index contributed by atoms with van der Waals surface area (Å²) < 4.78 is 19.2. The lowest BCUT2D eigenvalue weighted by Crippen LogP contribution is -2.46. The van der Waals surface area contributed by atoms with Gasteiger partial charge in [-0.05, 0) is 29.7 Å². The Morgan fingerprint density at radius 1 is 1.19 bits per heavy atom. The lowest BCUT2D eigenvalue weighted by molar-refractivity contribution is 0.00171. The minimum absolute atomic E-state index is 0.0522. The van der Waals surface area contributed by atoms with E-state index in [2.05, 4.69) is 0 Å². The van der Waals surface area contributed by atoms with Crippen LogP contribution in [0.15, 0.2) is 60.7 Å². The molecule has 1 aliphatic heterocycles. The summed E-state index contributed by atoms with van der Waals surface area (Å²) in [6.45, 7) is 1.17. The van der Waals surface area contributed by atoms with Gasteiger partial charge in [0.05, 0.1) is 19.3 Å². The Morgan fingerprint density at radius 2 is 1.92 bits per heavy atom. The third kappa shape index (κ3) is 4.70. The molecule has 136 valence electrons. The Balaban J connectivity index is 1.67. The molecule has 0 spiro atoms. The van der Waals surface area contributed by atoms with Crippen LogP contribution in [0.4, 0.5) is 9.18 Å². The highest BCUT2D eigenvalue weighted by Crippen LogP contribution is 2.30. The normalized spacial score (nSPS) is 20.4. The van der Waals surface area contributed by atoms with Gasteiger partial charge in [0.15, 0.2) is 0 Å². The highest BCUT2D eigenvalue weighted by molar-refractivity contribution is 5.65. The first-order valence-electron chi connectivity index (χ1n) is 8.70. The summed E-state index contributed by atoms with van der Waals surface area (Å²) >= 11 is 0. The third-order valence-electron chi connectivity index (χ3n) is 4.64. The van der Waals surface area contributed by atoms with Crippen molar-refractivity contribution >= 4 is 12.2 Å². The topological polar surface area (TPSA) is 49.8 Å². The van der Waals surface area contributed by atoms with Crippen molar-refractivity contribution in [1.82, 2.24) is 4.90 Å². The van der Waals surface area contributed by atoms with Crippen LogP contribution in [0.2, 0.25) is 0 Å². The predicted octanol–water partition coefficient (Wildman–Crippen LogP) is 4.39. The maximum absolute atomic E-state index is 13.2. The molecule has 26 heavy (non-hydrogen) atoms. The second-order valence-corrected chi connectivity index (χ2v) is 6.36. The molecule has 5 heteroatoms. The maximum Gasteiger partial charge on any atom is 0.407 e. The van der Waals surface area contributed by atoms with Crippen LogP contribution < -0.4 is 0 Å². The lowest BCUT2D eigenvalue weighted by Gasteiger charge is -2.37. The van der Waals surface area contributed by atoms with Crippen molar-refractivity contribution in [2.45, 2.75) is 18.4 Å². The van der Waals surface area contributed by atoms with Crippen LogP contribution in [0.25, 0.3) is 6.08 Å². The van der Waals surface area contributed by atoms with E-state index in [-0.39, 0.29) is 17.8 Å². The van der Waals surface area contributed by atoms with E-state index in [9.17, 15) is 14.3 Å². The second-order valence-electron chi connectivity index (χ2n) is 6.36. The van der Waals surface area contributed by atoms with Crippen molar-refractivity contribution in [1.29, 1.82) is 0 Å². The van der Waals surface area contributed by atoms with E-state index in [4.69, 9.17) is 4.74 Å². The first kappa shape index (κ1) is 18.1. The molecule has 4 nitrogen and oxygen atoms in total. The SMILES string of the molecule is O=C(O)N1CCC(c2ccc(F)cc2)C(OC/C=C/c2ccccc2)C1. The number of halogens is 1. The van der Waals surface area contributed by atoms with Gasteiger partial charge in [0.2, 0.25) is 0 Å². The standard InChI is InChI=1S/C21H22FNO3/c22-18-10-8-17(9-11-18)19-12-13-23(21(24)25)15-20(19)26-14-4-7-16-5-2-1-3-6-16/h1-11,19-20H,12-15H2,(H,24,25)/b7-4+. The van der Waals surface area contributed by atoms with Crippen LogP contribution >= 0.6 is 0 Å².